The van der Waals surface area contributed by atoms with Crippen molar-refractivity contribution in [3.05, 3.63) is 59.9 Å². The maximum absolute atomic E-state index is 12.1. The molecule has 0 radical (unpaired) electrons. The van der Waals surface area contributed by atoms with E-state index < -0.39 is 11.5 Å². The van der Waals surface area contributed by atoms with Crippen LogP contribution in [0.25, 0.3) is 0 Å². The summed E-state index contributed by atoms with van der Waals surface area (Å²) in [5.74, 6) is -0.458. The highest BCUT2D eigenvalue weighted by molar-refractivity contribution is 5.84. The summed E-state index contributed by atoms with van der Waals surface area (Å²) in [6.07, 6.45) is 2.46. The van der Waals surface area contributed by atoms with Crippen LogP contribution in [0.3, 0.4) is 0 Å². The van der Waals surface area contributed by atoms with Crippen molar-refractivity contribution in [2.24, 2.45) is 0 Å². The van der Waals surface area contributed by atoms with E-state index in [4.69, 9.17) is 0 Å². The minimum absolute atomic E-state index is 0.0201. The van der Waals surface area contributed by atoms with Crippen molar-refractivity contribution < 1.29 is 15.0 Å². The number of benzene rings is 1. The summed E-state index contributed by atoms with van der Waals surface area (Å²) in [6, 6.07) is 12.8. The summed E-state index contributed by atoms with van der Waals surface area (Å²) < 4.78 is 0. The third-order valence-corrected chi connectivity index (χ3v) is 3.52. The number of amides is 1. The maximum atomic E-state index is 12.1. The Kier molecular flexibility index (Phi) is 5.12. The molecule has 2 rings (SSSR count). The topological polar surface area (TPSA) is 82.5 Å². The summed E-state index contributed by atoms with van der Waals surface area (Å²) in [7, 11) is 0. The number of rotatable bonds is 6. The Morgan fingerprint density at radius 2 is 1.95 bits per heavy atom. The molecule has 0 aliphatic rings. The zero-order valence-corrected chi connectivity index (χ0v) is 12.5. The van der Waals surface area contributed by atoms with E-state index in [1.165, 1.54) is 19.2 Å². The molecule has 1 heterocycles. The summed E-state index contributed by atoms with van der Waals surface area (Å²) in [5.41, 5.74) is -0.0343. The average molecular weight is 300 g/mol. The molecular weight excluding hydrogens is 280 g/mol. The van der Waals surface area contributed by atoms with Gasteiger partial charge < -0.3 is 15.5 Å². The predicted octanol–water partition coefficient (Wildman–Crippen LogP) is 1.79. The van der Waals surface area contributed by atoms with Crippen LogP contribution in [0.1, 0.15) is 24.6 Å². The lowest BCUT2D eigenvalue weighted by atomic mass is 9.96. The molecule has 0 aliphatic heterocycles. The lowest BCUT2D eigenvalue weighted by molar-refractivity contribution is -0.138. The smallest absolute Gasteiger partial charge is 0.252 e. The van der Waals surface area contributed by atoms with Crippen LogP contribution in [0.2, 0.25) is 0 Å². The highest BCUT2D eigenvalue weighted by Gasteiger charge is 2.29. The van der Waals surface area contributed by atoms with Gasteiger partial charge in [-0.3, -0.25) is 9.78 Å². The lowest BCUT2D eigenvalue weighted by Crippen LogP contribution is -2.44. The van der Waals surface area contributed by atoms with Crippen LogP contribution in [0.4, 0.5) is 0 Å². The average Bonchev–Trinajstić information content (AvgIpc) is 2.53. The molecule has 0 saturated heterocycles. The van der Waals surface area contributed by atoms with Crippen molar-refractivity contribution in [3.8, 4) is 5.75 Å². The van der Waals surface area contributed by atoms with Crippen molar-refractivity contribution in [2.75, 3.05) is 0 Å². The van der Waals surface area contributed by atoms with Crippen molar-refractivity contribution in [1.29, 1.82) is 0 Å². The predicted molar refractivity (Wildman–Crippen MR) is 83.1 cm³/mol. The van der Waals surface area contributed by atoms with Crippen LogP contribution in [-0.2, 0) is 17.8 Å². The van der Waals surface area contributed by atoms with E-state index in [0.717, 1.165) is 5.56 Å². The van der Waals surface area contributed by atoms with Gasteiger partial charge in [-0.25, -0.2) is 0 Å². The number of nitrogens with one attached hydrogen (secondary N) is 1. The molecule has 2 aromatic rings. The van der Waals surface area contributed by atoms with Crippen LogP contribution < -0.4 is 5.32 Å². The molecule has 0 saturated carbocycles. The maximum Gasteiger partial charge on any atom is 0.252 e. The number of pyridine rings is 1. The fourth-order valence-corrected chi connectivity index (χ4v) is 2.07. The lowest BCUT2D eigenvalue weighted by Gasteiger charge is -2.22. The quantitative estimate of drug-likeness (QED) is 0.759. The monoisotopic (exact) mass is 300 g/mol. The number of hydrogen-bond acceptors (Lipinski definition) is 4. The van der Waals surface area contributed by atoms with Gasteiger partial charge in [-0.15, -0.1) is 0 Å². The molecule has 116 valence electrons. The second-order valence-electron chi connectivity index (χ2n) is 5.41. The normalized spacial score (nSPS) is 13.4. The zero-order chi connectivity index (χ0) is 16.0. The molecule has 1 unspecified atom stereocenters. The highest BCUT2D eigenvalue weighted by Crippen LogP contribution is 2.16. The first kappa shape index (κ1) is 16.0. The van der Waals surface area contributed by atoms with Crippen molar-refractivity contribution in [3.63, 3.8) is 0 Å². The standard InChI is InChI=1S/C17H20N2O3/c1-17(22,10-9-13-6-3-2-4-7-13)16(21)19-12-14-15(20)8-5-11-18-14/h2-8,11,20,22H,9-10,12H2,1H3,(H,19,21). The van der Waals surface area contributed by atoms with E-state index in [1.807, 2.05) is 30.3 Å². The first-order chi connectivity index (χ1) is 10.5. The Bertz CT molecular complexity index is 627. The summed E-state index contributed by atoms with van der Waals surface area (Å²) in [4.78, 5) is 16.1. The van der Waals surface area contributed by atoms with Gasteiger partial charge in [-0.2, -0.15) is 0 Å². The first-order valence-electron chi connectivity index (χ1n) is 7.16. The molecule has 0 aliphatic carbocycles. The summed E-state index contributed by atoms with van der Waals surface area (Å²) in [5, 5.41) is 22.5. The van der Waals surface area contributed by atoms with Gasteiger partial charge in [0.2, 0.25) is 0 Å². The Labute approximate surface area is 129 Å². The zero-order valence-electron chi connectivity index (χ0n) is 12.5. The Balaban J connectivity index is 1.89. The number of aromatic nitrogens is 1. The van der Waals surface area contributed by atoms with Gasteiger partial charge in [-0.05, 0) is 37.5 Å². The second kappa shape index (κ2) is 7.04. The van der Waals surface area contributed by atoms with Gasteiger partial charge in [0.1, 0.15) is 17.0 Å². The van der Waals surface area contributed by atoms with Crippen LogP contribution in [0.5, 0.6) is 5.75 Å². The minimum atomic E-state index is -1.47. The SMILES string of the molecule is CC(O)(CCc1ccccc1)C(=O)NCc1ncccc1O. The number of carbonyl (C=O) groups is 1. The molecule has 1 aromatic heterocycles. The van der Waals surface area contributed by atoms with Crippen LogP contribution in [0, 0.1) is 0 Å². The largest absolute Gasteiger partial charge is 0.506 e. The third-order valence-electron chi connectivity index (χ3n) is 3.52. The molecule has 5 heteroatoms. The van der Waals surface area contributed by atoms with E-state index in [1.54, 1.807) is 6.07 Å². The minimum Gasteiger partial charge on any atom is -0.506 e. The fraction of sp³-hybridized carbons (Fsp3) is 0.294. The Morgan fingerprint density at radius 1 is 1.23 bits per heavy atom. The van der Waals surface area contributed by atoms with Gasteiger partial charge >= 0.3 is 0 Å². The van der Waals surface area contributed by atoms with E-state index >= 15 is 0 Å². The molecule has 3 N–H and O–H groups in total. The van der Waals surface area contributed by atoms with Gasteiger partial charge in [0.15, 0.2) is 0 Å². The van der Waals surface area contributed by atoms with Gasteiger partial charge in [-0.1, -0.05) is 30.3 Å². The van der Waals surface area contributed by atoms with E-state index in [9.17, 15) is 15.0 Å². The third kappa shape index (κ3) is 4.30. The van der Waals surface area contributed by atoms with Crippen molar-refractivity contribution in [2.45, 2.75) is 31.9 Å². The molecule has 0 spiro atoms. The molecule has 1 aromatic carbocycles. The molecule has 22 heavy (non-hydrogen) atoms. The second-order valence-corrected chi connectivity index (χ2v) is 5.41. The molecular formula is C17H20N2O3. The number of aromatic hydroxyl groups is 1. The van der Waals surface area contributed by atoms with E-state index in [0.29, 0.717) is 18.5 Å². The van der Waals surface area contributed by atoms with Crippen LogP contribution in [-0.4, -0.2) is 26.7 Å². The number of nitrogens with zero attached hydrogens (tertiary/aromatic N) is 1. The van der Waals surface area contributed by atoms with Crippen molar-refractivity contribution in [1.82, 2.24) is 10.3 Å². The highest BCUT2D eigenvalue weighted by atomic mass is 16.3. The van der Waals surface area contributed by atoms with Crippen LogP contribution >= 0.6 is 0 Å². The van der Waals surface area contributed by atoms with Crippen LogP contribution in [0.15, 0.2) is 48.7 Å². The number of aliphatic hydroxyl groups is 1. The van der Waals surface area contributed by atoms with E-state index in [2.05, 4.69) is 10.3 Å². The molecule has 0 bridgehead atoms. The number of hydrogen-bond donors (Lipinski definition) is 3. The Morgan fingerprint density at radius 3 is 2.64 bits per heavy atom. The Hall–Kier alpha value is -2.40. The summed E-state index contributed by atoms with van der Waals surface area (Å²) >= 11 is 0. The first-order valence-corrected chi connectivity index (χ1v) is 7.16. The van der Waals surface area contributed by atoms with Crippen molar-refractivity contribution >= 4 is 5.91 Å². The van der Waals surface area contributed by atoms with Gasteiger partial charge in [0, 0.05) is 6.20 Å². The fourth-order valence-electron chi connectivity index (χ4n) is 2.07. The van der Waals surface area contributed by atoms with Gasteiger partial charge in [0.25, 0.3) is 5.91 Å². The molecule has 5 nitrogen and oxygen atoms in total. The number of carbonyl (C=O) groups excluding carboxylic acids is 1. The van der Waals surface area contributed by atoms with E-state index in [-0.39, 0.29) is 12.3 Å². The molecule has 1 atom stereocenters. The number of aryl methyl sites for hydroxylation is 1. The summed E-state index contributed by atoms with van der Waals surface area (Å²) in [6.45, 7) is 1.57. The molecule has 1 amide bonds. The van der Waals surface area contributed by atoms with Gasteiger partial charge in [0.05, 0.1) is 6.54 Å². The molecule has 0 fully saturated rings.